The number of ether oxygens (including phenoxy) is 1. The Labute approximate surface area is 208 Å². The van der Waals surface area contributed by atoms with Crippen LogP contribution in [0.2, 0.25) is 5.04 Å². The minimum atomic E-state index is -2.94. The monoisotopic (exact) mass is 497 g/mol. The summed E-state index contributed by atoms with van der Waals surface area (Å²) in [4.78, 5) is 38.6. The van der Waals surface area contributed by atoms with Crippen LogP contribution in [0.1, 0.15) is 48.0 Å². The lowest BCUT2D eigenvalue weighted by atomic mass is 10.1. The Morgan fingerprint density at radius 1 is 0.943 bits per heavy atom. The molecule has 2 atom stereocenters. The van der Waals surface area contributed by atoms with Gasteiger partial charge in [0.25, 0.3) is 8.32 Å². The molecule has 0 aromatic heterocycles. The maximum absolute atomic E-state index is 13.0. The molecule has 0 bridgehead atoms. The van der Waals surface area contributed by atoms with Crippen LogP contribution in [0.3, 0.4) is 0 Å². The van der Waals surface area contributed by atoms with Crippen LogP contribution in [-0.4, -0.2) is 54.5 Å². The Morgan fingerprint density at radius 3 is 1.83 bits per heavy atom. The number of nitrogens with zero attached hydrogens (tertiary/aromatic N) is 1. The number of carboxylic acid groups (broad SMARTS) is 1. The molecule has 1 N–H and O–H groups in total. The van der Waals surface area contributed by atoms with Gasteiger partial charge in [0, 0.05) is 0 Å². The van der Waals surface area contributed by atoms with E-state index in [-0.39, 0.29) is 18.1 Å². The maximum Gasteiger partial charge on any atom is 0.417 e. The highest BCUT2D eigenvalue weighted by atomic mass is 28.4. The van der Waals surface area contributed by atoms with Gasteiger partial charge in [-0.3, -0.25) is 9.59 Å². The summed E-state index contributed by atoms with van der Waals surface area (Å²) in [5, 5.41) is 11.4. The van der Waals surface area contributed by atoms with Crippen LogP contribution in [0.5, 0.6) is 0 Å². The molecule has 0 spiro atoms. The Morgan fingerprint density at radius 2 is 1.43 bits per heavy atom. The molecule has 0 radical (unpaired) electrons. The van der Waals surface area contributed by atoms with Gasteiger partial charge in [-0.15, -0.1) is 0 Å². The topological polar surface area (TPSA) is 93.1 Å². The number of likely N-dealkylation sites (tertiary alicyclic amines) is 1. The number of carbonyl (C=O) groups is 3. The number of carbonyl (C=O) groups excluding carboxylic acids is 2. The van der Waals surface area contributed by atoms with Crippen LogP contribution < -0.4 is 10.4 Å². The summed E-state index contributed by atoms with van der Waals surface area (Å²) in [5.41, 5.74) is -0.831. The molecule has 35 heavy (non-hydrogen) atoms. The lowest BCUT2D eigenvalue weighted by Gasteiger charge is -2.44. The molecule has 0 aliphatic carbocycles. The van der Waals surface area contributed by atoms with E-state index in [2.05, 4.69) is 45.0 Å². The van der Waals surface area contributed by atoms with Crippen molar-refractivity contribution in [1.29, 1.82) is 0 Å². The van der Waals surface area contributed by atoms with Crippen molar-refractivity contribution in [3.63, 3.8) is 0 Å². The second-order valence-corrected chi connectivity index (χ2v) is 15.2. The highest BCUT2D eigenvalue weighted by molar-refractivity contribution is 6.99. The highest BCUT2D eigenvalue weighted by Gasteiger charge is 2.53. The van der Waals surface area contributed by atoms with Crippen LogP contribution >= 0.6 is 0 Å². The second-order valence-electron chi connectivity index (χ2n) is 10.9. The number of aliphatic carboxylic acids is 1. The van der Waals surface area contributed by atoms with E-state index in [4.69, 9.17) is 9.16 Å². The zero-order valence-electron chi connectivity index (χ0n) is 21.3. The number of carboxylic acids is 1. The minimum Gasteiger partial charge on any atom is -0.481 e. The summed E-state index contributed by atoms with van der Waals surface area (Å²) in [6, 6.07) is 19.3. The normalized spacial score (nSPS) is 19.0. The van der Waals surface area contributed by atoms with E-state index in [0.29, 0.717) is 0 Å². The van der Waals surface area contributed by atoms with E-state index in [1.165, 1.54) is 0 Å². The fraction of sp³-hybridized carbons (Fsp3) is 0.444. The molecular formula is C27H35NO6Si. The molecule has 1 aliphatic rings. The molecule has 7 nitrogen and oxygen atoms in total. The van der Waals surface area contributed by atoms with Crippen molar-refractivity contribution in [3.05, 3.63) is 60.7 Å². The zero-order valence-corrected chi connectivity index (χ0v) is 22.3. The quantitative estimate of drug-likeness (QED) is 0.482. The number of hydrogen-bond donors (Lipinski definition) is 1. The minimum absolute atomic E-state index is 0.0159. The summed E-state index contributed by atoms with van der Waals surface area (Å²) in [6.45, 7) is 11.5. The molecule has 1 unspecified atom stereocenters. The summed E-state index contributed by atoms with van der Waals surface area (Å²) in [6.07, 6.45) is -0.867. The maximum atomic E-state index is 13.0. The average molecular weight is 498 g/mol. The van der Waals surface area contributed by atoms with Gasteiger partial charge in [-0.2, -0.15) is 0 Å². The Bertz CT molecular complexity index is 1020. The van der Waals surface area contributed by atoms with Gasteiger partial charge in [0.15, 0.2) is 0 Å². The molecule has 1 saturated heterocycles. The van der Waals surface area contributed by atoms with Crippen molar-refractivity contribution in [2.45, 2.75) is 64.6 Å². The molecule has 8 heteroatoms. The zero-order chi connectivity index (χ0) is 26.0. The molecule has 0 saturated carbocycles. The SMILES string of the molecule is CC(C)(C)OC(=O)N1C(=O)C(C(=O)O)C[C@@H]1CO[Si](c1ccccc1)(c1ccccc1)C(C)(C)C. The molecule has 2 aromatic carbocycles. The fourth-order valence-corrected chi connectivity index (χ4v) is 9.31. The van der Waals surface area contributed by atoms with Crippen LogP contribution in [0.25, 0.3) is 0 Å². The molecule has 188 valence electrons. The predicted molar refractivity (Wildman–Crippen MR) is 136 cm³/mol. The largest absolute Gasteiger partial charge is 0.481 e. The number of amides is 2. The smallest absolute Gasteiger partial charge is 0.417 e. The number of benzene rings is 2. The van der Waals surface area contributed by atoms with Crippen molar-refractivity contribution >= 4 is 36.7 Å². The van der Waals surface area contributed by atoms with Gasteiger partial charge in [-0.05, 0) is 42.6 Å². The van der Waals surface area contributed by atoms with Gasteiger partial charge in [0.1, 0.15) is 11.5 Å². The van der Waals surface area contributed by atoms with E-state index in [9.17, 15) is 19.5 Å². The van der Waals surface area contributed by atoms with Crippen molar-refractivity contribution in [3.8, 4) is 0 Å². The molecule has 1 aliphatic heterocycles. The first kappa shape index (κ1) is 26.6. The molecule has 1 heterocycles. The van der Waals surface area contributed by atoms with E-state index in [1.807, 2.05) is 36.4 Å². The first-order chi connectivity index (χ1) is 16.3. The first-order valence-corrected chi connectivity index (χ1v) is 13.7. The molecular weight excluding hydrogens is 462 g/mol. The van der Waals surface area contributed by atoms with Crippen molar-refractivity contribution < 1.29 is 28.7 Å². The van der Waals surface area contributed by atoms with E-state index >= 15 is 0 Å². The van der Waals surface area contributed by atoms with Crippen molar-refractivity contribution in [1.82, 2.24) is 4.90 Å². The van der Waals surface area contributed by atoms with Crippen LogP contribution in [0, 0.1) is 5.92 Å². The fourth-order valence-electron chi connectivity index (χ4n) is 4.71. The number of imide groups is 1. The van der Waals surface area contributed by atoms with Crippen molar-refractivity contribution in [2.75, 3.05) is 6.61 Å². The third-order valence-electron chi connectivity index (χ3n) is 6.21. The summed E-state index contributed by atoms with van der Waals surface area (Å²) in [5.74, 6) is -3.32. The lowest BCUT2D eigenvalue weighted by molar-refractivity contribution is -0.147. The standard InChI is InChI=1S/C27H35NO6Si/c1-26(2,3)34-25(32)28-19(17-22(23(28)29)24(30)31)18-33-35(27(4,5)6,20-13-9-7-10-14-20)21-15-11-8-12-16-21/h7-16,19,22H,17-18H2,1-6H3,(H,30,31)/t19-,22?/m1/s1. The Kier molecular flexibility index (Phi) is 7.57. The summed E-state index contributed by atoms with van der Waals surface area (Å²) < 4.78 is 12.3. The first-order valence-electron chi connectivity index (χ1n) is 11.8. The van der Waals surface area contributed by atoms with Crippen LogP contribution in [-0.2, 0) is 18.8 Å². The van der Waals surface area contributed by atoms with E-state index in [0.717, 1.165) is 15.3 Å². The van der Waals surface area contributed by atoms with Crippen LogP contribution in [0.4, 0.5) is 4.79 Å². The summed E-state index contributed by atoms with van der Waals surface area (Å²) in [7, 11) is -2.94. The summed E-state index contributed by atoms with van der Waals surface area (Å²) >= 11 is 0. The van der Waals surface area contributed by atoms with Crippen LogP contribution in [0.15, 0.2) is 60.7 Å². The van der Waals surface area contributed by atoms with Gasteiger partial charge in [-0.1, -0.05) is 81.4 Å². The highest BCUT2D eigenvalue weighted by Crippen LogP contribution is 2.38. The molecule has 1 fully saturated rings. The Hall–Kier alpha value is -2.97. The van der Waals surface area contributed by atoms with Gasteiger partial charge < -0.3 is 14.3 Å². The molecule has 3 rings (SSSR count). The van der Waals surface area contributed by atoms with Gasteiger partial charge in [0.2, 0.25) is 5.91 Å². The molecule has 2 amide bonds. The average Bonchev–Trinajstić information content (AvgIpc) is 3.10. The predicted octanol–water partition coefficient (Wildman–Crippen LogP) is 3.80. The lowest BCUT2D eigenvalue weighted by Crippen LogP contribution is -2.67. The molecule has 2 aromatic rings. The van der Waals surface area contributed by atoms with Gasteiger partial charge in [0.05, 0.1) is 12.6 Å². The third kappa shape index (κ3) is 5.49. The number of hydrogen-bond acceptors (Lipinski definition) is 5. The second kappa shape index (κ2) is 9.95. The third-order valence-corrected chi connectivity index (χ3v) is 11.2. The van der Waals surface area contributed by atoms with E-state index < -0.39 is 43.8 Å². The van der Waals surface area contributed by atoms with Gasteiger partial charge >= 0.3 is 12.1 Å². The van der Waals surface area contributed by atoms with Crippen molar-refractivity contribution in [2.24, 2.45) is 5.92 Å². The number of rotatable bonds is 6. The van der Waals surface area contributed by atoms with Gasteiger partial charge in [-0.25, -0.2) is 9.69 Å². The Balaban J connectivity index is 2.04. The van der Waals surface area contributed by atoms with E-state index in [1.54, 1.807) is 20.8 Å².